The molecule has 3 aromatic rings. The molecule has 3 N–H and O–H groups in total. The van der Waals surface area contributed by atoms with Crippen LogP contribution < -0.4 is 20.8 Å². The average molecular weight is 531 g/mol. The molecule has 0 saturated carbocycles. The number of aromatic nitrogens is 2. The number of nitrogens with one attached hydrogen (secondary N) is 2. The number of para-hydroxylation sites is 1. The summed E-state index contributed by atoms with van der Waals surface area (Å²) in [4.78, 5) is 13.4. The van der Waals surface area contributed by atoms with Crippen molar-refractivity contribution >= 4 is 57.2 Å². The minimum absolute atomic E-state index is 0.218. The Kier molecular flexibility index (Phi) is 6.93. The van der Waals surface area contributed by atoms with Crippen molar-refractivity contribution in [1.82, 2.24) is 14.9 Å². The summed E-state index contributed by atoms with van der Waals surface area (Å²) in [5, 5.41) is 17.8. The van der Waals surface area contributed by atoms with Crippen LogP contribution in [-0.2, 0) is 4.57 Å². The predicted octanol–water partition coefficient (Wildman–Crippen LogP) is 4.43. The van der Waals surface area contributed by atoms with Gasteiger partial charge in [-0.1, -0.05) is 12.1 Å². The Morgan fingerprint density at radius 2 is 1.79 bits per heavy atom. The predicted molar refractivity (Wildman–Crippen MR) is 140 cm³/mol. The fourth-order valence-electron chi connectivity index (χ4n) is 3.74. The molecule has 1 aliphatic heterocycles. The molecule has 0 atom stereocenters. The van der Waals surface area contributed by atoms with E-state index in [0.717, 1.165) is 42.9 Å². The summed E-state index contributed by atoms with van der Waals surface area (Å²) in [7, 11) is -0.367. The molecule has 8 nitrogen and oxygen atoms in total. The monoisotopic (exact) mass is 530 g/mol. The lowest BCUT2D eigenvalue weighted by molar-refractivity contribution is 0.311. The molecule has 0 aliphatic carbocycles. The number of hydrogen-bond donors (Lipinski definition) is 3. The molecule has 2 heterocycles. The van der Waals surface area contributed by atoms with Gasteiger partial charge in [-0.25, -0.2) is 4.98 Å². The van der Waals surface area contributed by atoms with E-state index in [-0.39, 0.29) is 5.75 Å². The first-order valence-corrected chi connectivity index (χ1v) is 14.1. The van der Waals surface area contributed by atoms with Gasteiger partial charge in [0, 0.05) is 49.4 Å². The Balaban J connectivity index is 1.53. The van der Waals surface area contributed by atoms with Crippen LogP contribution in [0.2, 0.25) is 0 Å². The second kappa shape index (κ2) is 9.71. The lowest BCUT2D eigenvalue weighted by atomic mass is 10.2. The molecule has 1 aromatic heterocycles. The van der Waals surface area contributed by atoms with Crippen molar-refractivity contribution in [1.29, 1.82) is 0 Å². The van der Waals surface area contributed by atoms with E-state index in [1.165, 1.54) is 0 Å². The maximum absolute atomic E-state index is 12.7. The number of aromatic hydroxyl groups is 1. The topological polar surface area (TPSA) is 93.6 Å². The number of nitrogens with zero attached hydrogens (tertiary/aromatic N) is 4. The van der Waals surface area contributed by atoms with Gasteiger partial charge in [0.15, 0.2) is 0 Å². The highest BCUT2D eigenvalue weighted by Gasteiger charge is 2.19. The minimum atomic E-state index is -2.47. The second-order valence-electron chi connectivity index (χ2n) is 8.50. The quantitative estimate of drug-likeness (QED) is 0.403. The van der Waals surface area contributed by atoms with Crippen LogP contribution in [0, 0.1) is 0 Å². The Hall–Kier alpha value is -2.61. The minimum Gasteiger partial charge on any atom is -0.506 e. The van der Waals surface area contributed by atoms with E-state index >= 15 is 0 Å². The van der Waals surface area contributed by atoms with Crippen LogP contribution in [0.5, 0.6) is 5.75 Å². The number of hydrogen-bond acceptors (Lipinski definition) is 8. The van der Waals surface area contributed by atoms with E-state index in [9.17, 15) is 9.67 Å². The summed E-state index contributed by atoms with van der Waals surface area (Å²) in [5.41, 5.74) is 2.25. The van der Waals surface area contributed by atoms with Gasteiger partial charge in [0.25, 0.3) is 0 Å². The molecule has 1 aliphatic rings. The third kappa shape index (κ3) is 5.66. The summed E-state index contributed by atoms with van der Waals surface area (Å²) in [5.74, 6) is 1.14. The zero-order valence-electron chi connectivity index (χ0n) is 18.9. The molecule has 33 heavy (non-hydrogen) atoms. The lowest BCUT2D eigenvalue weighted by Gasteiger charge is -2.34. The number of likely N-dealkylation sites (N-methyl/N-ethyl adjacent to an activating group) is 1. The first-order chi connectivity index (χ1) is 15.7. The number of rotatable bonds is 6. The van der Waals surface area contributed by atoms with Gasteiger partial charge in [0.1, 0.15) is 18.7 Å². The fourth-order valence-corrected chi connectivity index (χ4v) is 5.18. The Morgan fingerprint density at radius 1 is 1.06 bits per heavy atom. The Morgan fingerprint density at radius 3 is 2.48 bits per heavy atom. The number of phenolic OH excluding ortho intramolecular Hbond substituents is 1. The number of anilines is 5. The van der Waals surface area contributed by atoms with E-state index in [2.05, 4.69) is 53.4 Å². The molecular formula is C23H28BrN6O2P. The van der Waals surface area contributed by atoms with Crippen LogP contribution in [-0.4, -0.2) is 66.5 Å². The average Bonchev–Trinajstić information content (AvgIpc) is 2.77. The highest BCUT2D eigenvalue weighted by atomic mass is 79.9. The van der Waals surface area contributed by atoms with Crippen LogP contribution >= 0.6 is 23.1 Å². The third-order valence-corrected chi connectivity index (χ3v) is 7.69. The van der Waals surface area contributed by atoms with Gasteiger partial charge in [-0.2, -0.15) is 4.98 Å². The van der Waals surface area contributed by atoms with Crippen molar-refractivity contribution in [2.45, 2.75) is 0 Å². The third-order valence-electron chi connectivity index (χ3n) is 5.56. The standard InChI is InChI=1S/C23H28BrN6O2P/c1-29-10-12-30(13-11-29)19-9-8-16(14-20(19)31)26-23-25-15-17(24)22(28-23)27-18-6-4-5-7-21(18)33(2,3)32/h4-9,14-15,31H,10-13H2,1-3H3,(H2,25,26,27,28). The van der Waals surface area contributed by atoms with Crippen LogP contribution in [0.3, 0.4) is 0 Å². The highest BCUT2D eigenvalue weighted by Crippen LogP contribution is 2.39. The Labute approximate surface area is 202 Å². The largest absolute Gasteiger partial charge is 0.506 e. The first kappa shape index (κ1) is 23.5. The van der Waals surface area contributed by atoms with Gasteiger partial charge in [-0.05, 0) is 60.6 Å². The van der Waals surface area contributed by atoms with Gasteiger partial charge in [0.05, 0.1) is 15.8 Å². The first-order valence-electron chi connectivity index (χ1n) is 10.7. The van der Waals surface area contributed by atoms with E-state index in [4.69, 9.17) is 0 Å². The van der Waals surface area contributed by atoms with Crippen LogP contribution in [0.25, 0.3) is 0 Å². The summed E-state index contributed by atoms with van der Waals surface area (Å²) < 4.78 is 13.4. The molecule has 4 rings (SSSR count). The van der Waals surface area contributed by atoms with Gasteiger partial charge >= 0.3 is 0 Å². The second-order valence-corrected chi connectivity index (χ2v) is 12.5. The maximum Gasteiger partial charge on any atom is 0.229 e. The van der Waals surface area contributed by atoms with Crippen molar-refractivity contribution in [2.24, 2.45) is 0 Å². The van der Waals surface area contributed by atoms with Gasteiger partial charge in [0.2, 0.25) is 5.95 Å². The van der Waals surface area contributed by atoms with Crippen molar-refractivity contribution in [3.63, 3.8) is 0 Å². The van der Waals surface area contributed by atoms with Crippen molar-refractivity contribution in [3.8, 4) is 5.75 Å². The van der Waals surface area contributed by atoms with Crippen LogP contribution in [0.15, 0.2) is 53.1 Å². The number of halogens is 1. The molecule has 0 bridgehead atoms. The highest BCUT2D eigenvalue weighted by molar-refractivity contribution is 9.10. The van der Waals surface area contributed by atoms with E-state index in [0.29, 0.717) is 21.9 Å². The van der Waals surface area contributed by atoms with Gasteiger partial charge in [-0.3, -0.25) is 0 Å². The molecule has 0 radical (unpaired) electrons. The van der Waals surface area contributed by atoms with Crippen LogP contribution in [0.4, 0.5) is 28.8 Å². The summed E-state index contributed by atoms with van der Waals surface area (Å²) in [6.45, 7) is 7.19. The normalized spacial score (nSPS) is 14.8. The number of piperazine rings is 1. The molecule has 0 unspecified atom stereocenters. The molecule has 1 saturated heterocycles. The molecular weight excluding hydrogens is 503 g/mol. The smallest absolute Gasteiger partial charge is 0.229 e. The van der Waals surface area contributed by atoms with E-state index in [1.807, 2.05) is 36.4 Å². The van der Waals surface area contributed by atoms with Crippen molar-refractivity contribution in [3.05, 3.63) is 53.1 Å². The molecule has 1 fully saturated rings. The summed E-state index contributed by atoms with van der Waals surface area (Å²) >= 11 is 3.48. The molecule has 10 heteroatoms. The molecule has 0 amide bonds. The summed E-state index contributed by atoms with van der Waals surface area (Å²) in [6.07, 6.45) is 1.65. The lowest BCUT2D eigenvalue weighted by Crippen LogP contribution is -2.44. The van der Waals surface area contributed by atoms with Gasteiger partial charge < -0.3 is 30.1 Å². The molecule has 174 valence electrons. The zero-order chi connectivity index (χ0) is 23.6. The Bertz CT molecular complexity index is 1190. The van der Waals surface area contributed by atoms with Crippen LogP contribution in [0.1, 0.15) is 0 Å². The van der Waals surface area contributed by atoms with Crippen molar-refractivity contribution in [2.75, 3.05) is 62.1 Å². The SMILES string of the molecule is CN1CCN(c2ccc(Nc3ncc(Br)c(Nc4ccccc4P(C)(C)=O)n3)cc2O)CC1. The summed E-state index contributed by atoms with van der Waals surface area (Å²) in [6, 6.07) is 13.0. The van der Waals surface area contributed by atoms with Crippen molar-refractivity contribution < 1.29 is 9.67 Å². The fraction of sp³-hybridized carbons (Fsp3) is 0.304. The van der Waals surface area contributed by atoms with E-state index < -0.39 is 7.14 Å². The van der Waals surface area contributed by atoms with Gasteiger partial charge in [-0.15, -0.1) is 0 Å². The zero-order valence-corrected chi connectivity index (χ0v) is 21.4. The maximum atomic E-state index is 12.7. The number of benzene rings is 2. The molecule has 2 aromatic carbocycles. The van der Waals surface area contributed by atoms with E-state index in [1.54, 1.807) is 25.6 Å². The number of phenols is 1. The molecule has 0 spiro atoms.